The minimum Gasteiger partial charge on any atom is -0.326 e. The summed E-state index contributed by atoms with van der Waals surface area (Å²) in [4.78, 5) is 4.38. The Bertz CT molecular complexity index is 1510. The molecule has 0 N–H and O–H groups in total. The SMILES string of the molecule is CCc1cccc([Si]C(c2ccccc2)(c2ccccc2)n2ccnc2)c1.[B]C(c1ccccc1)c1ccccc1. The Morgan fingerprint density at radius 1 is 0.683 bits per heavy atom. The van der Waals surface area contributed by atoms with Crippen molar-refractivity contribution in [2.75, 3.05) is 0 Å². The van der Waals surface area contributed by atoms with Gasteiger partial charge in [0.2, 0.25) is 0 Å². The Hall–Kier alpha value is -4.41. The first-order chi connectivity index (χ1) is 20.2. The number of imidazole rings is 1. The molecule has 0 saturated carbocycles. The molecule has 5 aromatic carbocycles. The standard InChI is InChI=1S/C24H22N2Si.C13H11B/c1-2-20-10-9-15-23(18-20)27-24(26-17-16-25-19-26,21-11-5-3-6-12-21)22-13-7-4-8-14-22;14-13(11-7-3-1-4-8-11)12-9-5-2-6-10-12/h3-19H,2H2,1H3;1-10,13H. The van der Waals surface area contributed by atoms with Crippen molar-refractivity contribution in [1.29, 1.82) is 0 Å². The fraction of sp³-hybridized carbons (Fsp3) is 0.108. The van der Waals surface area contributed by atoms with Crippen LogP contribution in [0.25, 0.3) is 0 Å². The fourth-order valence-electron chi connectivity index (χ4n) is 5.08. The minimum absolute atomic E-state index is 0.0163. The summed E-state index contributed by atoms with van der Waals surface area (Å²) in [5.74, 6) is -0.0163. The van der Waals surface area contributed by atoms with Crippen molar-refractivity contribution in [3.63, 3.8) is 0 Å². The lowest BCUT2D eigenvalue weighted by Gasteiger charge is -2.36. The molecular formula is C37H33BN2Si. The lowest BCUT2D eigenvalue weighted by Crippen LogP contribution is -2.46. The number of rotatable bonds is 8. The first-order valence-electron chi connectivity index (χ1n) is 14.0. The lowest BCUT2D eigenvalue weighted by atomic mass is 9.76. The molecule has 1 heterocycles. The molecule has 0 unspecified atom stereocenters. The molecule has 0 atom stereocenters. The average Bonchev–Trinajstić information content (AvgIpc) is 3.61. The van der Waals surface area contributed by atoms with Crippen LogP contribution in [-0.2, 0) is 11.6 Å². The summed E-state index contributed by atoms with van der Waals surface area (Å²) < 4.78 is 2.26. The summed E-state index contributed by atoms with van der Waals surface area (Å²) >= 11 is 0. The Kier molecular flexibility index (Phi) is 9.46. The van der Waals surface area contributed by atoms with E-state index in [1.165, 1.54) is 21.9 Å². The number of benzene rings is 5. The average molecular weight is 545 g/mol. The van der Waals surface area contributed by atoms with Gasteiger partial charge in [-0.15, -0.1) is 0 Å². The van der Waals surface area contributed by atoms with Gasteiger partial charge in [-0.3, -0.25) is 0 Å². The van der Waals surface area contributed by atoms with Gasteiger partial charge in [0.05, 0.1) is 19.3 Å². The van der Waals surface area contributed by atoms with Crippen LogP contribution >= 0.6 is 0 Å². The van der Waals surface area contributed by atoms with Gasteiger partial charge in [0.25, 0.3) is 0 Å². The van der Waals surface area contributed by atoms with E-state index in [2.05, 4.69) is 132 Å². The van der Waals surface area contributed by atoms with Gasteiger partial charge in [0, 0.05) is 12.4 Å². The molecule has 2 nitrogen and oxygen atoms in total. The van der Waals surface area contributed by atoms with E-state index in [4.69, 9.17) is 7.85 Å². The normalized spacial score (nSPS) is 11.1. The van der Waals surface area contributed by atoms with Crippen LogP contribution in [0, 0.1) is 0 Å². The predicted molar refractivity (Wildman–Crippen MR) is 173 cm³/mol. The van der Waals surface area contributed by atoms with Crippen molar-refractivity contribution in [1.82, 2.24) is 9.55 Å². The highest BCUT2D eigenvalue weighted by Crippen LogP contribution is 2.33. The van der Waals surface area contributed by atoms with Gasteiger partial charge in [-0.2, -0.15) is 0 Å². The molecule has 4 radical (unpaired) electrons. The molecule has 0 aliphatic carbocycles. The molecule has 198 valence electrons. The summed E-state index contributed by atoms with van der Waals surface area (Å²) in [5, 5.41) is 1.04. The van der Waals surface area contributed by atoms with E-state index in [1.54, 1.807) is 0 Å². The second-order valence-corrected chi connectivity index (χ2v) is 11.4. The maximum absolute atomic E-state index is 6.12. The quantitative estimate of drug-likeness (QED) is 0.186. The second kappa shape index (κ2) is 13.8. The van der Waals surface area contributed by atoms with Gasteiger partial charge in [-0.05, 0) is 40.1 Å². The van der Waals surface area contributed by atoms with Crippen molar-refractivity contribution in [3.05, 3.63) is 192 Å². The lowest BCUT2D eigenvalue weighted by molar-refractivity contribution is 0.596. The number of hydrogen-bond donors (Lipinski definition) is 0. The zero-order valence-corrected chi connectivity index (χ0v) is 24.3. The number of aryl methyl sites for hydroxylation is 1. The highest BCUT2D eigenvalue weighted by Gasteiger charge is 2.37. The van der Waals surface area contributed by atoms with E-state index >= 15 is 0 Å². The van der Waals surface area contributed by atoms with Crippen molar-refractivity contribution < 1.29 is 0 Å². The van der Waals surface area contributed by atoms with Crippen molar-refractivity contribution in [3.8, 4) is 0 Å². The van der Waals surface area contributed by atoms with E-state index in [0.29, 0.717) is 9.52 Å². The molecule has 0 spiro atoms. The van der Waals surface area contributed by atoms with Crippen LogP contribution < -0.4 is 5.19 Å². The maximum Gasteiger partial charge on any atom is 0.127 e. The van der Waals surface area contributed by atoms with Gasteiger partial charge in [-0.1, -0.05) is 158 Å². The molecule has 1 aromatic heterocycles. The highest BCUT2D eigenvalue weighted by molar-refractivity contribution is 6.57. The molecule has 0 bridgehead atoms. The third-order valence-corrected chi connectivity index (χ3v) is 9.05. The number of nitrogens with zero attached hydrogens (tertiary/aromatic N) is 2. The van der Waals surface area contributed by atoms with Gasteiger partial charge in [-0.25, -0.2) is 4.98 Å². The molecule has 0 saturated heterocycles. The van der Waals surface area contributed by atoms with E-state index in [-0.39, 0.29) is 11.0 Å². The van der Waals surface area contributed by atoms with Gasteiger partial charge >= 0.3 is 0 Å². The van der Waals surface area contributed by atoms with E-state index in [1.807, 2.05) is 48.9 Å². The molecule has 0 aliphatic heterocycles. The largest absolute Gasteiger partial charge is 0.326 e. The Morgan fingerprint density at radius 3 is 1.66 bits per heavy atom. The minimum atomic E-state index is -0.314. The van der Waals surface area contributed by atoms with Crippen LogP contribution in [0.5, 0.6) is 0 Å². The summed E-state index contributed by atoms with van der Waals surface area (Å²) in [6, 6.07) is 50.8. The Balaban J connectivity index is 0.000000202. The zero-order chi connectivity index (χ0) is 28.3. The molecular weight excluding hydrogens is 511 g/mol. The fourth-order valence-corrected chi connectivity index (χ4v) is 6.82. The molecule has 41 heavy (non-hydrogen) atoms. The monoisotopic (exact) mass is 544 g/mol. The van der Waals surface area contributed by atoms with Crippen LogP contribution in [0.1, 0.15) is 40.6 Å². The summed E-state index contributed by atoms with van der Waals surface area (Å²) in [6.45, 7) is 2.21. The van der Waals surface area contributed by atoms with Crippen molar-refractivity contribution in [2.45, 2.75) is 24.3 Å². The first-order valence-corrected chi connectivity index (χ1v) is 15.0. The Morgan fingerprint density at radius 2 is 1.20 bits per heavy atom. The first kappa shape index (κ1) is 28.1. The van der Waals surface area contributed by atoms with Crippen LogP contribution in [0.2, 0.25) is 0 Å². The van der Waals surface area contributed by atoms with Gasteiger partial charge in [0.15, 0.2) is 0 Å². The molecule has 0 amide bonds. The number of aromatic nitrogens is 2. The zero-order valence-electron chi connectivity index (χ0n) is 23.3. The molecule has 4 heteroatoms. The maximum atomic E-state index is 6.12. The molecule has 6 aromatic rings. The van der Waals surface area contributed by atoms with Crippen LogP contribution in [0.3, 0.4) is 0 Å². The van der Waals surface area contributed by atoms with Gasteiger partial charge < -0.3 is 4.57 Å². The van der Waals surface area contributed by atoms with E-state index in [9.17, 15) is 0 Å². The summed E-state index contributed by atoms with van der Waals surface area (Å²) in [6.07, 6.45) is 6.94. The molecule has 0 fully saturated rings. The van der Waals surface area contributed by atoms with Crippen LogP contribution in [0.4, 0.5) is 0 Å². The van der Waals surface area contributed by atoms with E-state index < -0.39 is 0 Å². The van der Waals surface area contributed by atoms with Crippen molar-refractivity contribution in [2.24, 2.45) is 0 Å². The number of hydrogen-bond acceptors (Lipinski definition) is 1. The van der Waals surface area contributed by atoms with Crippen molar-refractivity contribution >= 4 is 22.6 Å². The third kappa shape index (κ3) is 6.67. The molecule has 0 aliphatic rings. The highest BCUT2D eigenvalue weighted by atomic mass is 28.2. The van der Waals surface area contributed by atoms with Crippen LogP contribution in [-0.4, -0.2) is 26.9 Å². The van der Waals surface area contributed by atoms with E-state index in [0.717, 1.165) is 17.5 Å². The smallest absolute Gasteiger partial charge is 0.127 e. The second-order valence-electron chi connectivity index (χ2n) is 9.89. The topological polar surface area (TPSA) is 17.8 Å². The van der Waals surface area contributed by atoms with Gasteiger partial charge in [0.1, 0.15) is 9.52 Å². The predicted octanol–water partition coefficient (Wildman–Crippen LogP) is 7.17. The summed E-state index contributed by atoms with van der Waals surface area (Å²) in [7, 11) is 6.65. The summed E-state index contributed by atoms with van der Waals surface area (Å²) in [5.41, 5.74) is 6.22. The third-order valence-electron chi connectivity index (χ3n) is 7.25. The molecule has 6 rings (SSSR count). The van der Waals surface area contributed by atoms with Crippen LogP contribution in [0.15, 0.2) is 164 Å². The Labute approximate surface area is 248 Å².